The molecular formula is C16H26N4O. The Labute approximate surface area is 126 Å². The maximum atomic E-state index is 11.2. The van der Waals surface area contributed by atoms with Gasteiger partial charge in [-0.2, -0.15) is 0 Å². The maximum absolute atomic E-state index is 11.2. The second kappa shape index (κ2) is 6.91. The number of para-hydroxylation sites is 1. The van der Waals surface area contributed by atoms with Gasteiger partial charge in [-0.15, -0.1) is 0 Å². The molecule has 5 nitrogen and oxygen atoms in total. The molecule has 0 radical (unpaired) electrons. The van der Waals surface area contributed by atoms with Crippen molar-refractivity contribution >= 4 is 11.6 Å². The van der Waals surface area contributed by atoms with Crippen LogP contribution < -0.4 is 16.4 Å². The number of rotatable bonds is 6. The van der Waals surface area contributed by atoms with Crippen molar-refractivity contribution in [2.45, 2.75) is 25.3 Å². The second-order valence-electron chi connectivity index (χ2n) is 6.05. The molecule has 4 N–H and O–H groups in total. The molecule has 0 aliphatic carbocycles. The van der Waals surface area contributed by atoms with Crippen LogP contribution in [0, 0.1) is 0 Å². The molecule has 1 unspecified atom stereocenters. The van der Waals surface area contributed by atoms with Crippen LogP contribution in [0.2, 0.25) is 0 Å². The lowest BCUT2D eigenvalue weighted by molar-refractivity contribution is -0.122. The minimum atomic E-state index is -0.883. The summed E-state index contributed by atoms with van der Waals surface area (Å²) < 4.78 is 0. The highest BCUT2D eigenvalue weighted by molar-refractivity contribution is 5.83. The number of nitrogens with zero attached hydrogens (tertiary/aromatic N) is 2. The van der Waals surface area contributed by atoms with Gasteiger partial charge >= 0.3 is 0 Å². The first kappa shape index (κ1) is 15.8. The lowest BCUT2D eigenvalue weighted by Gasteiger charge is -2.36. The Bertz CT molecular complexity index is 453. The quantitative estimate of drug-likeness (QED) is 0.812. The van der Waals surface area contributed by atoms with E-state index in [1.165, 1.54) is 5.69 Å². The largest absolute Gasteiger partial charge is 0.369 e. The molecular weight excluding hydrogens is 264 g/mol. The summed E-state index contributed by atoms with van der Waals surface area (Å²) in [7, 11) is 0. The lowest BCUT2D eigenvalue weighted by Crippen LogP contribution is -2.50. The first-order valence-corrected chi connectivity index (χ1v) is 7.60. The van der Waals surface area contributed by atoms with Crippen LogP contribution in [0.4, 0.5) is 5.69 Å². The van der Waals surface area contributed by atoms with Crippen molar-refractivity contribution in [2.24, 2.45) is 11.5 Å². The predicted octanol–water partition coefficient (Wildman–Crippen LogP) is 0.792. The Morgan fingerprint density at radius 2 is 1.81 bits per heavy atom. The highest BCUT2D eigenvalue weighted by Crippen LogP contribution is 2.16. The molecule has 0 bridgehead atoms. The summed E-state index contributed by atoms with van der Waals surface area (Å²) in [6.45, 7) is 6.87. The van der Waals surface area contributed by atoms with Crippen molar-refractivity contribution < 1.29 is 4.79 Å². The minimum absolute atomic E-state index is 0.420. The van der Waals surface area contributed by atoms with Crippen molar-refractivity contribution in [3.8, 4) is 0 Å². The molecule has 1 aliphatic heterocycles. The van der Waals surface area contributed by atoms with E-state index in [2.05, 4.69) is 34.1 Å². The number of carbonyl (C=O) groups excluding carboxylic acids is 1. The van der Waals surface area contributed by atoms with Crippen LogP contribution in [0.1, 0.15) is 19.8 Å². The molecule has 0 aromatic heterocycles. The van der Waals surface area contributed by atoms with Crippen LogP contribution >= 0.6 is 0 Å². The highest BCUT2D eigenvalue weighted by atomic mass is 16.1. The molecule has 1 heterocycles. The van der Waals surface area contributed by atoms with Crippen LogP contribution in [-0.4, -0.2) is 49.1 Å². The molecule has 1 aliphatic rings. The van der Waals surface area contributed by atoms with E-state index >= 15 is 0 Å². The van der Waals surface area contributed by atoms with E-state index < -0.39 is 11.4 Å². The van der Waals surface area contributed by atoms with Crippen LogP contribution in [0.3, 0.4) is 0 Å². The average Bonchev–Trinajstić information content (AvgIpc) is 2.48. The van der Waals surface area contributed by atoms with E-state index in [9.17, 15) is 4.79 Å². The summed E-state index contributed by atoms with van der Waals surface area (Å²) in [5.41, 5.74) is 11.6. The summed E-state index contributed by atoms with van der Waals surface area (Å²) in [5, 5.41) is 0. The molecule has 1 saturated heterocycles. The molecule has 1 fully saturated rings. The fourth-order valence-corrected chi connectivity index (χ4v) is 2.66. The summed E-state index contributed by atoms with van der Waals surface area (Å²) >= 11 is 0. The second-order valence-corrected chi connectivity index (χ2v) is 6.05. The zero-order valence-electron chi connectivity index (χ0n) is 12.8. The van der Waals surface area contributed by atoms with E-state index in [0.29, 0.717) is 6.42 Å². The zero-order chi connectivity index (χ0) is 15.3. The number of benzene rings is 1. The first-order chi connectivity index (χ1) is 9.99. The van der Waals surface area contributed by atoms with Gasteiger partial charge in [-0.25, -0.2) is 0 Å². The Hall–Kier alpha value is -1.59. The first-order valence-electron chi connectivity index (χ1n) is 7.60. The number of piperazine rings is 1. The number of hydrogen-bond acceptors (Lipinski definition) is 4. The smallest absolute Gasteiger partial charge is 0.237 e. The molecule has 21 heavy (non-hydrogen) atoms. The van der Waals surface area contributed by atoms with Gasteiger partial charge in [0.2, 0.25) is 5.91 Å². The molecule has 1 atom stereocenters. The van der Waals surface area contributed by atoms with Crippen molar-refractivity contribution in [3.63, 3.8) is 0 Å². The van der Waals surface area contributed by atoms with Gasteiger partial charge < -0.3 is 16.4 Å². The third kappa shape index (κ3) is 4.44. The van der Waals surface area contributed by atoms with E-state index in [1.807, 2.05) is 6.07 Å². The predicted molar refractivity (Wildman–Crippen MR) is 86.1 cm³/mol. The van der Waals surface area contributed by atoms with Crippen molar-refractivity contribution in [1.29, 1.82) is 0 Å². The highest BCUT2D eigenvalue weighted by Gasteiger charge is 2.25. The fraction of sp³-hybridized carbons (Fsp3) is 0.562. The van der Waals surface area contributed by atoms with Gasteiger partial charge in [-0.1, -0.05) is 18.2 Å². The summed E-state index contributed by atoms with van der Waals surface area (Å²) in [6, 6.07) is 10.5. The normalized spacial score (nSPS) is 19.2. The molecule has 5 heteroatoms. The SMILES string of the molecule is CC(N)(CCCN1CCN(c2ccccc2)CC1)C(N)=O. The van der Waals surface area contributed by atoms with Crippen molar-refractivity contribution in [3.05, 3.63) is 30.3 Å². The summed E-state index contributed by atoms with van der Waals surface area (Å²) in [5.74, 6) is -0.420. The Morgan fingerprint density at radius 1 is 1.19 bits per heavy atom. The third-order valence-corrected chi connectivity index (χ3v) is 4.23. The molecule has 1 amide bonds. The van der Waals surface area contributed by atoms with Crippen LogP contribution in [0.15, 0.2) is 30.3 Å². The number of carbonyl (C=O) groups is 1. The minimum Gasteiger partial charge on any atom is -0.369 e. The number of hydrogen-bond donors (Lipinski definition) is 2. The standard InChI is InChI=1S/C16H26N4O/c1-16(18,15(17)21)8-5-9-19-10-12-20(13-11-19)14-6-3-2-4-7-14/h2-4,6-7H,5,8-13,18H2,1H3,(H2,17,21). The number of nitrogens with two attached hydrogens (primary N) is 2. The molecule has 1 aromatic carbocycles. The molecule has 0 saturated carbocycles. The van der Waals surface area contributed by atoms with Gasteiger partial charge in [0.05, 0.1) is 5.54 Å². The van der Waals surface area contributed by atoms with Crippen molar-refractivity contribution in [2.75, 3.05) is 37.6 Å². The van der Waals surface area contributed by atoms with Gasteiger partial charge in [0, 0.05) is 31.9 Å². The topological polar surface area (TPSA) is 75.6 Å². The maximum Gasteiger partial charge on any atom is 0.237 e. The molecule has 116 valence electrons. The number of anilines is 1. The number of primary amides is 1. The van der Waals surface area contributed by atoms with Gasteiger partial charge in [0.15, 0.2) is 0 Å². The third-order valence-electron chi connectivity index (χ3n) is 4.23. The number of amides is 1. The molecule has 1 aromatic rings. The average molecular weight is 290 g/mol. The van der Waals surface area contributed by atoms with Crippen LogP contribution in [0.25, 0.3) is 0 Å². The van der Waals surface area contributed by atoms with Gasteiger partial charge in [-0.3, -0.25) is 9.69 Å². The molecule has 0 spiro atoms. The Balaban J connectivity index is 1.71. The van der Waals surface area contributed by atoms with E-state index in [-0.39, 0.29) is 0 Å². The van der Waals surface area contributed by atoms with E-state index in [4.69, 9.17) is 11.5 Å². The summed E-state index contributed by atoms with van der Waals surface area (Å²) in [6.07, 6.45) is 1.54. The fourth-order valence-electron chi connectivity index (χ4n) is 2.66. The van der Waals surface area contributed by atoms with Gasteiger partial charge in [-0.05, 0) is 38.4 Å². The summed E-state index contributed by atoms with van der Waals surface area (Å²) in [4.78, 5) is 16.0. The monoisotopic (exact) mass is 290 g/mol. The van der Waals surface area contributed by atoms with Gasteiger partial charge in [0.25, 0.3) is 0 Å². The molecule has 2 rings (SSSR count). The van der Waals surface area contributed by atoms with Crippen LogP contribution in [-0.2, 0) is 4.79 Å². The Kier molecular flexibility index (Phi) is 5.20. The van der Waals surface area contributed by atoms with Gasteiger partial charge in [0.1, 0.15) is 0 Å². The Morgan fingerprint density at radius 3 is 2.38 bits per heavy atom. The van der Waals surface area contributed by atoms with E-state index in [0.717, 1.165) is 39.1 Å². The lowest BCUT2D eigenvalue weighted by atomic mass is 9.96. The zero-order valence-corrected chi connectivity index (χ0v) is 12.8. The van der Waals surface area contributed by atoms with Crippen LogP contribution in [0.5, 0.6) is 0 Å². The van der Waals surface area contributed by atoms with Crippen molar-refractivity contribution in [1.82, 2.24) is 4.90 Å². The van der Waals surface area contributed by atoms with E-state index in [1.54, 1.807) is 6.92 Å².